The minimum atomic E-state index is -0.0658. The maximum Gasteiger partial charge on any atom is 0.253 e. The van der Waals surface area contributed by atoms with Gasteiger partial charge in [-0.2, -0.15) is 0 Å². The summed E-state index contributed by atoms with van der Waals surface area (Å²) in [7, 11) is 0. The average Bonchev–Trinajstić information content (AvgIpc) is 2.84. The van der Waals surface area contributed by atoms with Crippen molar-refractivity contribution in [1.29, 1.82) is 0 Å². The summed E-state index contributed by atoms with van der Waals surface area (Å²) in [5.74, 6) is 0. The fourth-order valence-electron chi connectivity index (χ4n) is 4.28. The Balaban J connectivity index is 1.46. The molecule has 3 aromatic rings. The van der Waals surface area contributed by atoms with Gasteiger partial charge in [0.2, 0.25) is 0 Å². The first kappa shape index (κ1) is 24.4. The van der Waals surface area contributed by atoms with Crippen LogP contribution < -0.4 is 10.9 Å². The number of aryl methyl sites for hydroxylation is 2. The van der Waals surface area contributed by atoms with Gasteiger partial charge in [0.1, 0.15) is 0 Å². The Morgan fingerprint density at radius 3 is 2.59 bits per heavy atom. The van der Waals surface area contributed by atoms with Crippen molar-refractivity contribution >= 4 is 28.2 Å². The van der Waals surface area contributed by atoms with Crippen molar-refractivity contribution in [3.63, 3.8) is 0 Å². The predicted molar refractivity (Wildman–Crippen MR) is 142 cm³/mol. The molecular formula is C27H34N4O2S. The molecule has 1 aliphatic heterocycles. The molecule has 0 amide bonds. The highest BCUT2D eigenvalue weighted by atomic mass is 32.1. The van der Waals surface area contributed by atoms with Gasteiger partial charge in [0.15, 0.2) is 5.11 Å². The lowest BCUT2D eigenvalue weighted by atomic mass is 10.0. The van der Waals surface area contributed by atoms with Crippen LogP contribution in [0, 0.1) is 13.8 Å². The van der Waals surface area contributed by atoms with E-state index in [9.17, 15) is 4.79 Å². The second-order valence-electron chi connectivity index (χ2n) is 9.03. The van der Waals surface area contributed by atoms with Gasteiger partial charge < -0.3 is 19.9 Å². The SMILES string of the molecule is Cc1cc2cc(CN(Cc3ccccc3)C(=S)NCCCN3CCOCC3)c(=O)[nH]c2cc1C. The van der Waals surface area contributed by atoms with Crippen molar-refractivity contribution in [3.8, 4) is 0 Å². The molecule has 2 N–H and O–H groups in total. The number of pyridine rings is 1. The van der Waals surface area contributed by atoms with Gasteiger partial charge in [-0.25, -0.2) is 0 Å². The number of morpholine rings is 1. The molecule has 0 unspecified atom stereocenters. The molecule has 34 heavy (non-hydrogen) atoms. The third kappa shape index (κ3) is 6.44. The minimum Gasteiger partial charge on any atom is -0.379 e. The van der Waals surface area contributed by atoms with Crippen LogP contribution in [-0.2, 0) is 17.8 Å². The Morgan fingerprint density at radius 1 is 1.09 bits per heavy atom. The molecule has 0 saturated carbocycles. The highest BCUT2D eigenvalue weighted by molar-refractivity contribution is 7.80. The molecule has 1 fully saturated rings. The van der Waals surface area contributed by atoms with E-state index in [2.05, 4.69) is 52.1 Å². The normalized spacial score (nSPS) is 14.3. The number of aromatic nitrogens is 1. The summed E-state index contributed by atoms with van der Waals surface area (Å²) in [5.41, 5.74) is 5.06. The molecule has 0 aliphatic carbocycles. The lowest BCUT2D eigenvalue weighted by Gasteiger charge is -2.28. The van der Waals surface area contributed by atoms with Gasteiger partial charge in [-0.15, -0.1) is 0 Å². The standard InChI is InChI=1S/C27H34N4O2S/c1-20-15-23-17-24(26(32)29-25(23)16-21(20)2)19-31(18-22-7-4-3-5-8-22)27(34)28-9-6-10-30-11-13-33-14-12-30/h3-5,7-8,15-17H,6,9-14,18-19H2,1-2H3,(H,28,34)(H,29,32). The van der Waals surface area contributed by atoms with Gasteiger partial charge in [0.25, 0.3) is 5.56 Å². The Hall–Kier alpha value is -2.74. The zero-order valence-electron chi connectivity index (χ0n) is 20.1. The fraction of sp³-hybridized carbons (Fsp3) is 0.407. The van der Waals surface area contributed by atoms with E-state index in [-0.39, 0.29) is 5.56 Å². The number of nitrogens with one attached hydrogen (secondary N) is 2. The maximum absolute atomic E-state index is 12.9. The first-order valence-electron chi connectivity index (χ1n) is 12.0. The second-order valence-corrected chi connectivity index (χ2v) is 9.42. The molecule has 180 valence electrons. The summed E-state index contributed by atoms with van der Waals surface area (Å²) in [5, 5.41) is 5.14. The number of thiocarbonyl (C=S) groups is 1. The summed E-state index contributed by atoms with van der Waals surface area (Å²) < 4.78 is 5.42. The van der Waals surface area contributed by atoms with Crippen LogP contribution in [-0.4, -0.2) is 59.3 Å². The summed E-state index contributed by atoms with van der Waals surface area (Å²) in [6.45, 7) is 10.7. The topological polar surface area (TPSA) is 60.6 Å². The van der Waals surface area contributed by atoms with E-state index < -0.39 is 0 Å². The smallest absolute Gasteiger partial charge is 0.253 e. The van der Waals surface area contributed by atoms with Crippen molar-refractivity contribution in [2.75, 3.05) is 39.4 Å². The van der Waals surface area contributed by atoms with Gasteiger partial charge >= 0.3 is 0 Å². The number of nitrogens with zero attached hydrogens (tertiary/aromatic N) is 2. The summed E-state index contributed by atoms with van der Waals surface area (Å²) in [6.07, 6.45) is 1.01. The molecule has 1 aromatic heterocycles. The van der Waals surface area contributed by atoms with Crippen LogP contribution in [0.25, 0.3) is 10.9 Å². The van der Waals surface area contributed by atoms with Crippen molar-refractivity contribution in [2.24, 2.45) is 0 Å². The number of aromatic amines is 1. The lowest BCUT2D eigenvalue weighted by Crippen LogP contribution is -2.42. The largest absolute Gasteiger partial charge is 0.379 e. The third-order valence-corrected chi connectivity index (χ3v) is 6.83. The molecule has 1 saturated heterocycles. The van der Waals surface area contributed by atoms with E-state index in [4.69, 9.17) is 17.0 Å². The van der Waals surface area contributed by atoms with E-state index in [1.54, 1.807) is 0 Å². The van der Waals surface area contributed by atoms with E-state index in [1.807, 2.05) is 30.3 Å². The zero-order chi connectivity index (χ0) is 23.9. The second kappa shape index (κ2) is 11.6. The third-order valence-electron chi connectivity index (χ3n) is 6.43. The van der Waals surface area contributed by atoms with Gasteiger partial charge in [-0.05, 0) is 79.3 Å². The molecule has 4 rings (SSSR count). The highest BCUT2D eigenvalue weighted by Crippen LogP contribution is 2.18. The average molecular weight is 479 g/mol. The molecule has 2 heterocycles. The number of hydrogen-bond acceptors (Lipinski definition) is 4. The van der Waals surface area contributed by atoms with Crippen LogP contribution in [0.2, 0.25) is 0 Å². The molecule has 7 heteroatoms. The highest BCUT2D eigenvalue weighted by Gasteiger charge is 2.15. The predicted octanol–water partition coefficient (Wildman–Crippen LogP) is 3.74. The van der Waals surface area contributed by atoms with Gasteiger partial charge in [-0.1, -0.05) is 30.3 Å². The Labute approximate surface area is 206 Å². The van der Waals surface area contributed by atoms with Crippen LogP contribution in [0.4, 0.5) is 0 Å². The van der Waals surface area contributed by atoms with E-state index in [1.165, 1.54) is 11.1 Å². The summed E-state index contributed by atoms with van der Waals surface area (Å²) in [6, 6.07) is 16.4. The van der Waals surface area contributed by atoms with E-state index in [0.29, 0.717) is 23.8 Å². The van der Waals surface area contributed by atoms with Gasteiger partial charge in [0.05, 0.1) is 19.8 Å². The number of hydrogen-bond donors (Lipinski definition) is 2. The Bertz CT molecular complexity index is 1170. The van der Waals surface area contributed by atoms with E-state index >= 15 is 0 Å². The fourth-order valence-corrected chi connectivity index (χ4v) is 4.51. The van der Waals surface area contributed by atoms with Crippen molar-refractivity contribution in [1.82, 2.24) is 20.1 Å². The van der Waals surface area contributed by atoms with Crippen molar-refractivity contribution in [2.45, 2.75) is 33.4 Å². The molecule has 0 atom stereocenters. The number of ether oxygens (including phenoxy) is 1. The number of rotatable bonds is 8. The minimum absolute atomic E-state index is 0.0658. The molecule has 6 nitrogen and oxygen atoms in total. The maximum atomic E-state index is 12.9. The monoisotopic (exact) mass is 478 g/mol. The number of fused-ring (bicyclic) bond motifs is 1. The molecule has 0 spiro atoms. The molecule has 0 bridgehead atoms. The van der Waals surface area contributed by atoms with Crippen molar-refractivity contribution in [3.05, 3.63) is 81.1 Å². The molecule has 2 aromatic carbocycles. The van der Waals surface area contributed by atoms with Crippen LogP contribution in [0.3, 0.4) is 0 Å². The Kier molecular flexibility index (Phi) is 8.32. The molecular weight excluding hydrogens is 444 g/mol. The summed E-state index contributed by atoms with van der Waals surface area (Å²) >= 11 is 5.79. The number of H-pyrrole nitrogens is 1. The van der Waals surface area contributed by atoms with Crippen LogP contribution in [0.5, 0.6) is 0 Å². The number of benzene rings is 2. The van der Waals surface area contributed by atoms with Gasteiger partial charge in [-0.3, -0.25) is 9.69 Å². The molecule has 0 radical (unpaired) electrons. The lowest BCUT2D eigenvalue weighted by molar-refractivity contribution is 0.0376. The summed E-state index contributed by atoms with van der Waals surface area (Å²) in [4.78, 5) is 20.5. The first-order chi connectivity index (χ1) is 16.5. The van der Waals surface area contributed by atoms with E-state index in [0.717, 1.165) is 62.3 Å². The molecule has 1 aliphatic rings. The van der Waals surface area contributed by atoms with Crippen molar-refractivity contribution < 1.29 is 4.74 Å². The van der Waals surface area contributed by atoms with Gasteiger partial charge in [0, 0.05) is 37.3 Å². The van der Waals surface area contributed by atoms with Crippen LogP contribution >= 0.6 is 12.2 Å². The van der Waals surface area contributed by atoms with Crippen LogP contribution in [0.1, 0.15) is 28.7 Å². The Morgan fingerprint density at radius 2 is 1.82 bits per heavy atom. The zero-order valence-corrected chi connectivity index (χ0v) is 20.9. The first-order valence-corrected chi connectivity index (χ1v) is 12.4. The van der Waals surface area contributed by atoms with Crippen LogP contribution in [0.15, 0.2) is 53.3 Å². The quantitative estimate of drug-likeness (QED) is 0.380.